The summed E-state index contributed by atoms with van der Waals surface area (Å²) in [5.74, 6) is 17.0. The molecule has 0 saturated heterocycles. The Morgan fingerprint density at radius 1 is 0.360 bits per heavy atom. The average Bonchev–Trinajstić information content (AvgIpc) is 2.72. The predicted octanol–water partition coefficient (Wildman–Crippen LogP) is 3.42. The van der Waals surface area contributed by atoms with Gasteiger partial charge in [0.15, 0.2) is 0 Å². The minimum atomic E-state index is -0.328. The molecule has 0 aliphatic carbocycles. The molecule has 4 heteroatoms. The van der Waals surface area contributed by atoms with Gasteiger partial charge in [0.05, 0.1) is 0 Å². The van der Waals surface area contributed by atoms with Gasteiger partial charge in [-0.1, -0.05) is 0 Å². The van der Waals surface area contributed by atoms with Crippen molar-refractivity contribution in [3.63, 3.8) is 0 Å². The maximum absolute atomic E-state index is 2.23. The Morgan fingerprint density at radius 3 is 0.760 bits per heavy atom. The maximum atomic E-state index is 2.23. The Bertz CT molecular complexity index is 763. The molecule has 0 fully saturated rings. The summed E-state index contributed by atoms with van der Waals surface area (Å²) in [6.45, 7) is 8.31. The molecule has 0 aliphatic heterocycles. The fourth-order valence-corrected chi connectivity index (χ4v) is 3.75. The van der Waals surface area contributed by atoms with Crippen LogP contribution in [0.3, 0.4) is 0 Å². The van der Waals surface area contributed by atoms with Crippen molar-refractivity contribution >= 4 is 27.6 Å². The Kier molecular flexibility index (Phi) is 4.70. The number of hydrogen-bond donors (Lipinski definition) is 0. The van der Waals surface area contributed by atoms with Crippen molar-refractivity contribution in [2.45, 2.75) is 5.41 Å². The van der Waals surface area contributed by atoms with Crippen LogP contribution in [0.4, 0.5) is 0 Å². The third-order valence-electron chi connectivity index (χ3n) is 4.83. The van der Waals surface area contributed by atoms with E-state index >= 15 is 0 Å². The van der Waals surface area contributed by atoms with Gasteiger partial charge in [0, 0.05) is 0 Å². The summed E-state index contributed by atoms with van der Waals surface area (Å²) in [4.78, 5) is 0. The summed E-state index contributed by atoms with van der Waals surface area (Å²) in [7, 11) is 0. The third-order valence-corrected chi connectivity index (χ3v) is 4.83. The van der Waals surface area contributed by atoms with Crippen LogP contribution in [0, 0.1) is 0 Å². The summed E-state index contributed by atoms with van der Waals surface area (Å²) in [5.41, 5.74) is 4.78. The van der Waals surface area contributed by atoms with Crippen LogP contribution in [0.25, 0.3) is 0 Å². The van der Waals surface area contributed by atoms with Gasteiger partial charge in [-0.2, -0.15) is 0 Å². The van der Waals surface area contributed by atoms with Crippen LogP contribution in [0.5, 0.6) is 0 Å². The average molecular weight is 312 g/mol. The molecule has 112 valence electrons. The van der Waals surface area contributed by atoms with Gasteiger partial charge in [-0.3, -0.25) is 0 Å². The van der Waals surface area contributed by atoms with Crippen LogP contribution >= 0.6 is 0 Å². The van der Waals surface area contributed by atoms with Crippen LogP contribution in [-0.2, 0) is 5.41 Å². The first-order chi connectivity index (χ1) is 12.4. The third kappa shape index (κ3) is 2.91. The fraction of sp³-hybridized carbons (Fsp3) is 0.0476. The molecule has 4 rings (SSSR count). The van der Waals surface area contributed by atoms with Gasteiger partial charge in [-0.15, -0.1) is 0 Å². The van der Waals surface area contributed by atoms with Gasteiger partial charge >= 0.3 is 152 Å². The predicted molar refractivity (Wildman–Crippen MR) is 110 cm³/mol. The van der Waals surface area contributed by atoms with Crippen molar-refractivity contribution in [2.24, 2.45) is 0 Å². The summed E-state index contributed by atoms with van der Waals surface area (Å²) >= 11 is 0. The minimum absolute atomic E-state index is 0.328. The Balaban J connectivity index is 2.13. The van der Waals surface area contributed by atoms with Crippen molar-refractivity contribution in [1.82, 2.24) is 0 Å². The van der Waals surface area contributed by atoms with E-state index in [2.05, 4.69) is 124 Å². The van der Waals surface area contributed by atoms with Gasteiger partial charge < -0.3 is 0 Å². The van der Waals surface area contributed by atoms with Crippen molar-refractivity contribution in [2.75, 3.05) is 0 Å². The summed E-state index contributed by atoms with van der Waals surface area (Å²) < 4.78 is 0. The second-order valence-electron chi connectivity index (χ2n) is 6.21. The van der Waals surface area contributed by atoms with Gasteiger partial charge in [0.1, 0.15) is 0 Å². The monoisotopic (exact) mass is 312 g/mol. The molecule has 0 amide bonds. The number of rotatable bonds is 4. The molecule has 0 radical (unpaired) electrons. The standard InChI is InChI=1S/C21H16B4/c1-9-22-10-2-17(1)21(18-3-11-23-12-4-18,19-5-13-24-14-6-19)20-7-15-25-16-8-20/h1-16H. The van der Waals surface area contributed by atoms with Gasteiger partial charge in [0.25, 0.3) is 0 Å². The SMILES string of the molecule is b1ccc(C(c2ccbcc2)(c2ccbcc2)c2ccbcc2)cc1. The Labute approximate surface area is 151 Å². The van der Waals surface area contributed by atoms with Crippen molar-refractivity contribution in [3.05, 3.63) is 118 Å². The molecular formula is C21H16B4. The molecule has 0 aliphatic rings. The summed E-state index contributed by atoms with van der Waals surface area (Å²) in [6, 6.07) is 17.8. The van der Waals surface area contributed by atoms with Crippen LogP contribution in [0.15, 0.2) is 96.2 Å². The molecule has 4 aromatic heterocycles. The molecule has 0 N–H and O–H groups in total. The first-order valence-corrected chi connectivity index (χ1v) is 8.64. The molecule has 0 spiro atoms. The Morgan fingerprint density at radius 2 is 0.560 bits per heavy atom. The van der Waals surface area contributed by atoms with E-state index in [4.69, 9.17) is 0 Å². The van der Waals surface area contributed by atoms with Crippen molar-refractivity contribution < 1.29 is 0 Å². The van der Waals surface area contributed by atoms with Gasteiger partial charge in [0.2, 0.25) is 0 Å². The summed E-state index contributed by atoms with van der Waals surface area (Å²) in [5, 5.41) is 0. The number of hydrogen-bond acceptors (Lipinski definition) is 0. The van der Waals surface area contributed by atoms with E-state index in [0.717, 1.165) is 0 Å². The molecule has 0 saturated carbocycles. The van der Waals surface area contributed by atoms with E-state index in [0.29, 0.717) is 0 Å². The fourth-order valence-electron chi connectivity index (χ4n) is 3.75. The van der Waals surface area contributed by atoms with E-state index < -0.39 is 0 Å². The molecule has 0 bridgehead atoms. The molecule has 25 heavy (non-hydrogen) atoms. The quantitative estimate of drug-likeness (QED) is 0.542. The first-order valence-electron chi connectivity index (χ1n) is 8.64. The van der Waals surface area contributed by atoms with Crippen LogP contribution in [0.1, 0.15) is 22.3 Å². The zero-order valence-corrected chi connectivity index (χ0v) is 14.0. The Hall–Kier alpha value is -2.34. The van der Waals surface area contributed by atoms with Crippen molar-refractivity contribution in [3.8, 4) is 0 Å². The normalized spacial score (nSPS) is 10.6. The van der Waals surface area contributed by atoms with E-state index in [1.54, 1.807) is 0 Å². The van der Waals surface area contributed by atoms with Gasteiger partial charge in [-0.05, 0) is 0 Å². The van der Waals surface area contributed by atoms with Crippen LogP contribution < -0.4 is 0 Å². The van der Waals surface area contributed by atoms with Crippen LogP contribution in [0.2, 0.25) is 0 Å². The molecule has 0 nitrogen and oxygen atoms in total. The van der Waals surface area contributed by atoms with E-state index in [9.17, 15) is 0 Å². The van der Waals surface area contributed by atoms with E-state index in [1.807, 2.05) is 0 Å². The molecule has 0 aromatic carbocycles. The zero-order valence-electron chi connectivity index (χ0n) is 14.0. The topological polar surface area (TPSA) is 0 Å². The first kappa shape index (κ1) is 16.1. The van der Waals surface area contributed by atoms with Crippen molar-refractivity contribution in [1.29, 1.82) is 0 Å². The molecule has 4 heterocycles. The zero-order chi connectivity index (χ0) is 17.0. The van der Waals surface area contributed by atoms with E-state index in [1.165, 1.54) is 22.3 Å². The van der Waals surface area contributed by atoms with Gasteiger partial charge in [-0.25, -0.2) is 0 Å². The van der Waals surface area contributed by atoms with Crippen LogP contribution in [-0.4, -0.2) is 27.6 Å². The summed E-state index contributed by atoms with van der Waals surface area (Å²) in [6.07, 6.45) is 0. The molecule has 4 aromatic rings. The molecule has 0 unspecified atom stereocenters. The second-order valence-corrected chi connectivity index (χ2v) is 6.21. The molecule has 0 atom stereocenters. The second kappa shape index (κ2) is 7.27. The molecular weight excluding hydrogens is 295 g/mol. The van der Waals surface area contributed by atoms with E-state index in [-0.39, 0.29) is 5.41 Å².